The molecule has 1 amide bonds. The molecule has 3 N–H and O–H groups in total. The fourth-order valence-corrected chi connectivity index (χ4v) is 0.714. The van der Waals surface area contributed by atoms with Crippen LogP contribution in [0, 0.1) is 0 Å². The second-order valence-corrected chi connectivity index (χ2v) is 2.36. The highest BCUT2D eigenvalue weighted by Gasteiger charge is 2.12. The zero-order valence-corrected chi connectivity index (χ0v) is 6.37. The normalized spacial score (nSPS) is 10.0. The average molecular weight is 146 g/mol. The summed E-state index contributed by atoms with van der Waals surface area (Å²) in [6.07, 6.45) is -0.902. The first-order valence-corrected chi connectivity index (χ1v) is 3.29. The fraction of sp³-hybridized carbons (Fsp3) is 0.833. The number of hydrogen-bond acceptors (Lipinski definition) is 2. The molecule has 0 spiro atoms. The van der Waals surface area contributed by atoms with Crippen molar-refractivity contribution in [1.29, 1.82) is 0 Å². The van der Waals surface area contributed by atoms with Crippen LogP contribution < -0.4 is 5.73 Å². The molecular weight excluding hydrogens is 132 g/mol. The summed E-state index contributed by atoms with van der Waals surface area (Å²) in [6.45, 7) is 4.44. The topological polar surface area (TPSA) is 66.6 Å². The number of carbonyl (C=O) groups is 1. The molecule has 4 heteroatoms. The van der Waals surface area contributed by atoms with Gasteiger partial charge in [-0.25, -0.2) is 4.79 Å². The molecule has 10 heavy (non-hydrogen) atoms. The van der Waals surface area contributed by atoms with E-state index in [4.69, 9.17) is 10.8 Å². The minimum Gasteiger partial charge on any atom is -0.465 e. The second-order valence-electron chi connectivity index (χ2n) is 2.36. The van der Waals surface area contributed by atoms with E-state index in [-0.39, 0.29) is 6.04 Å². The van der Waals surface area contributed by atoms with E-state index in [1.54, 1.807) is 0 Å². The smallest absolute Gasteiger partial charge is 0.407 e. The Bertz CT molecular complexity index is 114. The van der Waals surface area contributed by atoms with Crippen molar-refractivity contribution in [3.63, 3.8) is 0 Å². The summed E-state index contributed by atoms with van der Waals surface area (Å²) in [4.78, 5) is 11.7. The molecule has 0 aliphatic heterocycles. The van der Waals surface area contributed by atoms with Gasteiger partial charge >= 0.3 is 6.09 Å². The van der Waals surface area contributed by atoms with Gasteiger partial charge in [0.2, 0.25) is 0 Å². The molecule has 0 aromatic rings. The van der Waals surface area contributed by atoms with Crippen molar-refractivity contribution >= 4 is 6.09 Å². The lowest BCUT2D eigenvalue weighted by molar-refractivity contribution is 0.133. The molecule has 0 atom stereocenters. The van der Waals surface area contributed by atoms with E-state index in [1.165, 1.54) is 4.90 Å². The number of hydrogen-bond donors (Lipinski definition) is 2. The third kappa shape index (κ3) is 2.68. The lowest BCUT2D eigenvalue weighted by atomic mass is 10.3. The Kier molecular flexibility index (Phi) is 3.79. The molecule has 0 saturated heterocycles. The van der Waals surface area contributed by atoms with Gasteiger partial charge in [0.15, 0.2) is 0 Å². The molecule has 0 bridgehead atoms. The molecular formula is C6H14N2O2. The van der Waals surface area contributed by atoms with Gasteiger partial charge in [0.05, 0.1) is 0 Å². The number of rotatable bonds is 3. The van der Waals surface area contributed by atoms with Gasteiger partial charge in [-0.1, -0.05) is 0 Å². The third-order valence-corrected chi connectivity index (χ3v) is 1.24. The highest BCUT2D eigenvalue weighted by Crippen LogP contribution is 1.96. The van der Waals surface area contributed by atoms with Gasteiger partial charge in [0.1, 0.15) is 0 Å². The van der Waals surface area contributed by atoms with Crippen LogP contribution in [0.4, 0.5) is 4.79 Å². The monoisotopic (exact) mass is 146 g/mol. The zero-order chi connectivity index (χ0) is 8.15. The minimum absolute atomic E-state index is 0.0149. The molecule has 0 aliphatic rings. The maximum atomic E-state index is 10.4. The van der Waals surface area contributed by atoms with Crippen molar-refractivity contribution in [3.05, 3.63) is 0 Å². The molecule has 0 rings (SSSR count). The Morgan fingerprint density at radius 2 is 2.20 bits per heavy atom. The fourth-order valence-electron chi connectivity index (χ4n) is 0.714. The number of nitrogens with two attached hydrogens (primary N) is 1. The van der Waals surface area contributed by atoms with Gasteiger partial charge in [0, 0.05) is 19.1 Å². The summed E-state index contributed by atoms with van der Waals surface area (Å²) in [5, 5.41) is 8.55. The van der Waals surface area contributed by atoms with Crippen molar-refractivity contribution in [2.45, 2.75) is 19.9 Å². The van der Waals surface area contributed by atoms with Gasteiger partial charge in [-0.05, 0) is 13.8 Å². The largest absolute Gasteiger partial charge is 0.465 e. The van der Waals surface area contributed by atoms with E-state index in [2.05, 4.69) is 0 Å². The summed E-state index contributed by atoms with van der Waals surface area (Å²) >= 11 is 0. The summed E-state index contributed by atoms with van der Waals surface area (Å²) in [5.74, 6) is 0. The Morgan fingerprint density at radius 3 is 2.30 bits per heavy atom. The Balaban J connectivity index is 3.85. The van der Waals surface area contributed by atoms with Crippen LogP contribution in [-0.2, 0) is 0 Å². The molecule has 0 fully saturated rings. The van der Waals surface area contributed by atoms with E-state index >= 15 is 0 Å². The predicted molar refractivity (Wildman–Crippen MR) is 38.9 cm³/mol. The maximum Gasteiger partial charge on any atom is 0.407 e. The lowest BCUT2D eigenvalue weighted by Gasteiger charge is -2.21. The van der Waals surface area contributed by atoms with Crippen molar-refractivity contribution in [2.24, 2.45) is 5.73 Å². The average Bonchev–Trinajstić information content (AvgIpc) is 1.81. The standard InChI is InChI=1S/C6H14N2O2/c1-5(2)8(4-3-7)6(9)10/h5H,3-4,7H2,1-2H3,(H,9,10). The van der Waals surface area contributed by atoms with Crippen LogP contribution >= 0.6 is 0 Å². The number of nitrogens with zero attached hydrogens (tertiary/aromatic N) is 1. The molecule has 0 heterocycles. The van der Waals surface area contributed by atoms with Crippen LogP contribution in [0.15, 0.2) is 0 Å². The Morgan fingerprint density at radius 1 is 1.70 bits per heavy atom. The van der Waals surface area contributed by atoms with Gasteiger partial charge < -0.3 is 15.7 Å². The molecule has 60 valence electrons. The van der Waals surface area contributed by atoms with Crippen molar-refractivity contribution in [1.82, 2.24) is 4.90 Å². The molecule has 0 radical (unpaired) electrons. The van der Waals surface area contributed by atoms with Gasteiger partial charge in [-0.3, -0.25) is 0 Å². The third-order valence-electron chi connectivity index (χ3n) is 1.24. The zero-order valence-electron chi connectivity index (χ0n) is 6.37. The van der Waals surface area contributed by atoms with Gasteiger partial charge in [0.25, 0.3) is 0 Å². The summed E-state index contributed by atoms with van der Waals surface area (Å²) in [7, 11) is 0. The molecule has 4 nitrogen and oxygen atoms in total. The van der Waals surface area contributed by atoms with Crippen LogP contribution in [0.25, 0.3) is 0 Å². The molecule has 0 unspecified atom stereocenters. The van der Waals surface area contributed by atoms with Gasteiger partial charge in [-0.15, -0.1) is 0 Å². The van der Waals surface area contributed by atoms with Crippen LogP contribution in [-0.4, -0.2) is 35.2 Å². The Hall–Kier alpha value is -0.770. The first-order chi connectivity index (χ1) is 4.59. The van der Waals surface area contributed by atoms with Crippen LogP contribution in [0.5, 0.6) is 0 Å². The molecule has 0 saturated carbocycles. The highest BCUT2D eigenvalue weighted by atomic mass is 16.4. The molecule has 0 aromatic heterocycles. The minimum atomic E-state index is -0.902. The second kappa shape index (κ2) is 4.11. The molecule has 0 aromatic carbocycles. The maximum absolute atomic E-state index is 10.4. The SMILES string of the molecule is CC(C)N(CCN)C(=O)O. The summed E-state index contributed by atoms with van der Waals surface area (Å²) < 4.78 is 0. The van der Waals surface area contributed by atoms with E-state index in [0.29, 0.717) is 13.1 Å². The van der Waals surface area contributed by atoms with Crippen LogP contribution in [0.3, 0.4) is 0 Å². The number of carboxylic acid groups (broad SMARTS) is 1. The summed E-state index contributed by atoms with van der Waals surface area (Å²) in [6, 6.07) is 0.0149. The first-order valence-electron chi connectivity index (χ1n) is 3.29. The lowest BCUT2D eigenvalue weighted by Crippen LogP contribution is -2.39. The van der Waals surface area contributed by atoms with Crippen molar-refractivity contribution in [2.75, 3.05) is 13.1 Å². The van der Waals surface area contributed by atoms with E-state index < -0.39 is 6.09 Å². The molecule has 0 aliphatic carbocycles. The van der Waals surface area contributed by atoms with E-state index in [0.717, 1.165) is 0 Å². The predicted octanol–water partition coefficient (Wildman–Crippen LogP) is 0.334. The van der Waals surface area contributed by atoms with Crippen molar-refractivity contribution < 1.29 is 9.90 Å². The van der Waals surface area contributed by atoms with E-state index in [1.807, 2.05) is 13.8 Å². The Labute approximate surface area is 60.6 Å². The highest BCUT2D eigenvalue weighted by molar-refractivity contribution is 5.65. The van der Waals surface area contributed by atoms with Crippen molar-refractivity contribution in [3.8, 4) is 0 Å². The van der Waals surface area contributed by atoms with Gasteiger partial charge in [-0.2, -0.15) is 0 Å². The summed E-state index contributed by atoms with van der Waals surface area (Å²) in [5.41, 5.74) is 5.20. The van der Waals surface area contributed by atoms with Crippen LogP contribution in [0.2, 0.25) is 0 Å². The quantitative estimate of drug-likeness (QED) is 0.603. The van der Waals surface area contributed by atoms with Crippen LogP contribution in [0.1, 0.15) is 13.8 Å². The van der Waals surface area contributed by atoms with E-state index in [9.17, 15) is 4.79 Å². The number of amides is 1. The first kappa shape index (κ1) is 9.23.